The van der Waals surface area contributed by atoms with Crippen LogP contribution in [0.25, 0.3) is 0 Å². The Bertz CT molecular complexity index is 726. The van der Waals surface area contributed by atoms with Crippen LogP contribution in [0.2, 0.25) is 0 Å². The lowest BCUT2D eigenvalue weighted by Crippen LogP contribution is -1.71. The molecule has 0 aromatic heterocycles. The van der Waals surface area contributed by atoms with Gasteiger partial charge in [-0.3, -0.25) is 20.0 Å². The van der Waals surface area contributed by atoms with Crippen LogP contribution in [-0.4, -0.2) is 68.7 Å². The standard InChI is InChI=1S/C8H14.2C7H13N.2C6H12N2.2C6H12S/c1-3-5-7-8-6-4-2;1-3-5-6-7-8-4-2;1-3-5-7-8-6-4-2;2*1-3-5-8-6-7-4-2;2*1-3-5-6-7-4-2/h5-8H,3-4H2,1-2H3;2*5-7H,3-4H2,1-2H3;2*5-6H,3-4H2,1-2H3;2*5-6H,3-4H2,1-2H3/b7-5-,8-6-;6-5-,8-7?;7-5-,8-6?;;;2*6-5-. The molecule has 0 rings (SSSR count). The molecule has 0 saturated carbocycles. The van der Waals surface area contributed by atoms with E-state index in [4.69, 9.17) is 0 Å². The van der Waals surface area contributed by atoms with Gasteiger partial charge in [-0.15, -0.1) is 23.5 Å². The lowest BCUT2D eigenvalue weighted by atomic mass is 10.3. The maximum atomic E-state index is 4.00. The molecule has 0 aliphatic rings. The molecule has 0 saturated heterocycles. The molecule has 0 aliphatic heterocycles. The third kappa shape index (κ3) is 125. The zero-order valence-corrected chi connectivity index (χ0v) is 39.4. The molecule has 54 heavy (non-hydrogen) atoms. The third-order valence-electron chi connectivity index (χ3n) is 4.74. The Morgan fingerprint density at radius 2 is 0.704 bits per heavy atom. The highest BCUT2D eigenvalue weighted by Gasteiger charge is 1.69. The van der Waals surface area contributed by atoms with Crippen molar-refractivity contribution in [3.63, 3.8) is 0 Å². The van der Waals surface area contributed by atoms with E-state index in [1.165, 1.54) is 11.5 Å². The average molecular weight is 789 g/mol. The molecule has 0 aromatic carbocycles. The van der Waals surface area contributed by atoms with Crippen LogP contribution in [0, 0.1) is 0 Å². The average Bonchev–Trinajstić information content (AvgIpc) is 3.19. The number of thioether (sulfide) groups is 2. The molecule has 0 aromatic rings. The minimum absolute atomic E-state index is 0.820. The molecule has 0 aliphatic carbocycles. The zero-order chi connectivity index (χ0) is 42.3. The Morgan fingerprint density at radius 3 is 1.02 bits per heavy atom. The molecule has 0 fully saturated rings. The van der Waals surface area contributed by atoms with Crippen molar-refractivity contribution in [1.29, 1.82) is 0 Å². The van der Waals surface area contributed by atoms with Gasteiger partial charge in [0.1, 0.15) is 12.7 Å². The van der Waals surface area contributed by atoms with E-state index in [9.17, 15) is 0 Å². The zero-order valence-electron chi connectivity index (χ0n) is 37.8. The van der Waals surface area contributed by atoms with E-state index in [0.29, 0.717) is 0 Å². The molecule has 0 amide bonds. The molecular formula is C46H88N6S2. The Morgan fingerprint density at radius 1 is 0.352 bits per heavy atom. The van der Waals surface area contributed by atoms with Gasteiger partial charge in [0.2, 0.25) is 0 Å². The van der Waals surface area contributed by atoms with Gasteiger partial charge in [-0.2, -0.15) is 0 Å². The lowest BCUT2D eigenvalue weighted by Gasteiger charge is -1.80. The molecule has 6 nitrogen and oxygen atoms in total. The number of hydrogen-bond acceptors (Lipinski definition) is 6. The SMILES string of the molecule is CC/C=C\C=C/CC.CC/C=C\C=NCC.CC/C=C\SCC.CC/C=C\SCC.CCC=N/C=C\CC.CCC=NC=NCC.CCC=NC=NCC. The second kappa shape index (κ2) is 87.8. The molecule has 0 radical (unpaired) electrons. The second-order valence-corrected chi connectivity index (χ2v) is 12.2. The monoisotopic (exact) mass is 789 g/mol. The Labute approximate surface area is 347 Å². The smallest absolute Gasteiger partial charge is 0.109 e. The highest BCUT2D eigenvalue weighted by atomic mass is 32.2. The van der Waals surface area contributed by atoms with Crippen molar-refractivity contribution in [2.45, 2.75) is 155 Å². The quantitative estimate of drug-likeness (QED) is 0.0660. The molecular weight excluding hydrogens is 701 g/mol. The fraction of sp³-hybridized carbons (Fsp3) is 0.609. The summed E-state index contributed by atoms with van der Waals surface area (Å²) in [6.07, 6.45) is 41.0. The van der Waals surface area contributed by atoms with Gasteiger partial charge in [0.15, 0.2) is 0 Å². The summed E-state index contributed by atoms with van der Waals surface area (Å²) < 4.78 is 0. The fourth-order valence-corrected chi connectivity index (χ4v) is 3.25. The first-order chi connectivity index (χ1) is 26.4. The lowest BCUT2D eigenvalue weighted by molar-refractivity contribution is 1.13. The van der Waals surface area contributed by atoms with Crippen molar-refractivity contribution in [3.05, 3.63) is 71.7 Å². The van der Waals surface area contributed by atoms with Crippen LogP contribution in [0.3, 0.4) is 0 Å². The summed E-state index contributed by atoms with van der Waals surface area (Å²) in [5.41, 5.74) is 0. The summed E-state index contributed by atoms with van der Waals surface area (Å²) in [5, 5.41) is 4.31. The summed E-state index contributed by atoms with van der Waals surface area (Å²) in [5.74, 6) is 2.38. The van der Waals surface area contributed by atoms with Gasteiger partial charge < -0.3 is 0 Å². The summed E-state index contributed by atoms with van der Waals surface area (Å²) in [6, 6.07) is 0. The van der Waals surface area contributed by atoms with E-state index in [1.807, 2.05) is 101 Å². The Balaban J connectivity index is -0.0000000955. The van der Waals surface area contributed by atoms with Gasteiger partial charge in [0.25, 0.3) is 0 Å². The van der Waals surface area contributed by atoms with E-state index in [0.717, 1.165) is 77.4 Å². The highest BCUT2D eigenvalue weighted by molar-refractivity contribution is 8.02. The van der Waals surface area contributed by atoms with Crippen LogP contribution < -0.4 is 0 Å². The first-order valence-corrected chi connectivity index (χ1v) is 22.7. The van der Waals surface area contributed by atoms with Gasteiger partial charge in [-0.1, -0.05) is 125 Å². The van der Waals surface area contributed by atoms with Crippen molar-refractivity contribution in [2.24, 2.45) is 30.0 Å². The van der Waals surface area contributed by atoms with Crippen molar-refractivity contribution < 1.29 is 0 Å². The molecule has 314 valence electrons. The van der Waals surface area contributed by atoms with Gasteiger partial charge in [-0.25, -0.2) is 9.98 Å². The van der Waals surface area contributed by atoms with Crippen LogP contribution in [0.1, 0.15) is 155 Å². The summed E-state index contributed by atoms with van der Waals surface area (Å²) >= 11 is 3.70. The van der Waals surface area contributed by atoms with Crippen LogP contribution in [0.15, 0.2) is 102 Å². The molecule has 0 spiro atoms. The topological polar surface area (TPSA) is 74.2 Å². The van der Waals surface area contributed by atoms with Gasteiger partial charge in [-0.05, 0) is 107 Å². The molecule has 0 unspecified atom stereocenters. The van der Waals surface area contributed by atoms with Gasteiger partial charge in [0, 0.05) is 50.7 Å². The predicted molar refractivity (Wildman–Crippen MR) is 266 cm³/mol. The molecule has 0 bridgehead atoms. The first-order valence-electron chi connectivity index (χ1n) is 20.6. The van der Waals surface area contributed by atoms with Crippen molar-refractivity contribution >= 4 is 61.1 Å². The number of rotatable bonds is 21. The Kier molecular flexibility index (Phi) is 107. The van der Waals surface area contributed by atoms with Crippen LogP contribution >= 0.6 is 23.5 Å². The predicted octanol–water partition coefficient (Wildman–Crippen LogP) is 15.7. The Hall–Kier alpha value is -2.84. The highest BCUT2D eigenvalue weighted by Crippen LogP contribution is 2.00. The fourth-order valence-electron chi connectivity index (χ4n) is 2.21. The van der Waals surface area contributed by atoms with Gasteiger partial charge in [0.05, 0.1) is 0 Å². The van der Waals surface area contributed by atoms with E-state index in [-0.39, 0.29) is 0 Å². The van der Waals surface area contributed by atoms with E-state index in [1.54, 1.807) is 12.7 Å². The molecule has 8 heteroatoms. The number of hydrogen-bond donors (Lipinski definition) is 0. The van der Waals surface area contributed by atoms with Crippen molar-refractivity contribution in [2.75, 3.05) is 31.1 Å². The van der Waals surface area contributed by atoms with E-state index < -0.39 is 0 Å². The molecule has 0 N–H and O–H groups in total. The maximum absolute atomic E-state index is 4.00. The minimum atomic E-state index is 0.820. The van der Waals surface area contributed by atoms with Crippen LogP contribution in [0.5, 0.6) is 0 Å². The number of aliphatic imine (C=N–C) groups is 6. The summed E-state index contributed by atoms with van der Waals surface area (Å²) in [6.45, 7) is 31.8. The number of nitrogens with zero attached hydrogens (tertiary/aromatic N) is 6. The normalized spacial score (nSPS) is 11.4. The maximum Gasteiger partial charge on any atom is 0.109 e. The third-order valence-corrected chi connectivity index (χ3v) is 6.18. The van der Waals surface area contributed by atoms with Crippen LogP contribution in [0.4, 0.5) is 0 Å². The van der Waals surface area contributed by atoms with E-state index in [2.05, 4.69) is 146 Å². The summed E-state index contributed by atoms with van der Waals surface area (Å²) in [7, 11) is 0. The van der Waals surface area contributed by atoms with Crippen LogP contribution in [-0.2, 0) is 0 Å². The largest absolute Gasteiger partial charge is 0.293 e. The molecule has 0 atom stereocenters. The minimum Gasteiger partial charge on any atom is -0.293 e. The van der Waals surface area contributed by atoms with E-state index >= 15 is 0 Å². The number of allylic oxidation sites excluding steroid dienone is 9. The van der Waals surface area contributed by atoms with Crippen molar-refractivity contribution in [3.8, 4) is 0 Å². The second-order valence-electron chi connectivity index (χ2n) is 9.87. The first kappa shape index (κ1) is 66.0. The summed E-state index contributed by atoms with van der Waals surface area (Å²) in [4.78, 5) is 23.5. The van der Waals surface area contributed by atoms with Gasteiger partial charge >= 0.3 is 0 Å². The van der Waals surface area contributed by atoms with Crippen molar-refractivity contribution in [1.82, 2.24) is 0 Å². The molecule has 0 heterocycles.